The van der Waals surface area contributed by atoms with Gasteiger partial charge in [0.25, 0.3) is 17.3 Å². The summed E-state index contributed by atoms with van der Waals surface area (Å²) in [5, 5.41) is 27.4. The van der Waals surface area contributed by atoms with Crippen molar-refractivity contribution in [1.29, 1.82) is 0 Å². The van der Waals surface area contributed by atoms with Crippen LogP contribution in [0.25, 0.3) is 10.4 Å². The van der Waals surface area contributed by atoms with Crippen molar-refractivity contribution in [2.24, 2.45) is 5.11 Å². The number of nitrogens with one attached hydrogen (secondary N) is 1. The third-order valence-corrected chi connectivity index (χ3v) is 2.90. The van der Waals surface area contributed by atoms with Gasteiger partial charge in [0.05, 0.1) is 27.5 Å². The summed E-state index contributed by atoms with van der Waals surface area (Å²) in [4.78, 5) is 34.5. The van der Waals surface area contributed by atoms with Gasteiger partial charge in [0.15, 0.2) is 0 Å². The summed E-state index contributed by atoms with van der Waals surface area (Å²) < 4.78 is 0. The van der Waals surface area contributed by atoms with Crippen LogP contribution in [0.5, 0.6) is 0 Å². The first-order chi connectivity index (χ1) is 10.3. The van der Waals surface area contributed by atoms with Crippen LogP contribution in [0, 0.1) is 20.2 Å². The lowest BCUT2D eigenvalue weighted by Gasteiger charge is -2.16. The van der Waals surface area contributed by atoms with E-state index in [9.17, 15) is 25.0 Å². The normalized spacial score (nSPS) is 12.6. The fraction of sp³-hybridized carbons (Fsp3) is 0.364. The Bertz CT molecular complexity index is 637. The Kier molecular flexibility index (Phi) is 5.36. The molecule has 1 aromatic carbocycles. The van der Waals surface area contributed by atoms with E-state index >= 15 is 0 Å². The standard InChI is InChI=1S/C11H12N6O5/c1-6(7(2)14-15-12)13-11(18)8-3-9(16(19)20)5-10(4-8)17(21)22/h3-7H,1-2H3,(H,13,18)/t6?,7-/m0/s1. The SMILES string of the molecule is CC(NC(=O)c1cc([N+](=O)[O-])cc([N+](=O)[O-])c1)[C@H](C)N=[N+]=[N-]. The zero-order valence-corrected chi connectivity index (χ0v) is 11.7. The van der Waals surface area contributed by atoms with Crippen molar-refractivity contribution in [3.63, 3.8) is 0 Å². The molecule has 0 aliphatic rings. The maximum absolute atomic E-state index is 12.0. The highest BCUT2D eigenvalue weighted by molar-refractivity contribution is 5.95. The average Bonchev–Trinajstić information content (AvgIpc) is 2.46. The molecule has 1 amide bonds. The zero-order chi connectivity index (χ0) is 16.9. The molecule has 0 aliphatic carbocycles. The Morgan fingerprint density at radius 3 is 2.14 bits per heavy atom. The molecule has 0 spiro atoms. The molecule has 0 aliphatic heterocycles. The lowest BCUT2D eigenvalue weighted by Crippen LogP contribution is -2.38. The molecule has 1 N–H and O–H groups in total. The quantitative estimate of drug-likeness (QED) is 0.279. The second-order valence-corrected chi connectivity index (χ2v) is 4.46. The summed E-state index contributed by atoms with van der Waals surface area (Å²) in [5.41, 5.74) is 6.99. The Hall–Kier alpha value is -3.20. The number of hydrogen-bond acceptors (Lipinski definition) is 6. The number of amides is 1. The fourth-order valence-corrected chi connectivity index (χ4v) is 1.53. The summed E-state index contributed by atoms with van der Waals surface area (Å²) in [6.07, 6.45) is 0. The molecular formula is C11H12N6O5. The van der Waals surface area contributed by atoms with Crippen molar-refractivity contribution < 1.29 is 14.6 Å². The van der Waals surface area contributed by atoms with E-state index in [0.717, 1.165) is 18.2 Å². The van der Waals surface area contributed by atoms with E-state index in [1.165, 1.54) is 0 Å². The van der Waals surface area contributed by atoms with E-state index in [1.807, 2.05) is 0 Å². The third-order valence-electron chi connectivity index (χ3n) is 2.90. The molecule has 1 rings (SSSR count). The van der Waals surface area contributed by atoms with Crippen molar-refractivity contribution >= 4 is 17.3 Å². The van der Waals surface area contributed by atoms with Gasteiger partial charge in [-0.3, -0.25) is 25.0 Å². The van der Waals surface area contributed by atoms with Gasteiger partial charge in [-0.25, -0.2) is 0 Å². The highest BCUT2D eigenvalue weighted by atomic mass is 16.6. The number of benzene rings is 1. The van der Waals surface area contributed by atoms with Gasteiger partial charge >= 0.3 is 0 Å². The van der Waals surface area contributed by atoms with Crippen LogP contribution in [-0.2, 0) is 0 Å². The minimum absolute atomic E-state index is 0.221. The van der Waals surface area contributed by atoms with Gasteiger partial charge in [-0.15, -0.1) is 0 Å². The largest absolute Gasteiger partial charge is 0.349 e. The van der Waals surface area contributed by atoms with E-state index in [-0.39, 0.29) is 5.56 Å². The summed E-state index contributed by atoms with van der Waals surface area (Å²) in [5.74, 6) is -0.737. The molecule has 0 heterocycles. The minimum Gasteiger partial charge on any atom is -0.349 e. The Morgan fingerprint density at radius 1 is 1.23 bits per heavy atom. The fourth-order valence-electron chi connectivity index (χ4n) is 1.53. The Morgan fingerprint density at radius 2 is 1.73 bits per heavy atom. The van der Waals surface area contributed by atoms with E-state index in [4.69, 9.17) is 5.53 Å². The summed E-state index contributed by atoms with van der Waals surface area (Å²) >= 11 is 0. The van der Waals surface area contributed by atoms with Crippen molar-refractivity contribution in [2.45, 2.75) is 25.9 Å². The minimum atomic E-state index is -0.824. The van der Waals surface area contributed by atoms with Crippen molar-refractivity contribution in [3.05, 3.63) is 54.4 Å². The molecule has 1 unspecified atom stereocenters. The molecule has 0 fully saturated rings. The predicted octanol–water partition coefficient (Wildman–Crippen LogP) is 2.32. The number of azide groups is 1. The first kappa shape index (κ1) is 16.9. The number of nitro benzene ring substituents is 2. The summed E-state index contributed by atoms with van der Waals surface area (Å²) in [6.45, 7) is 3.14. The lowest BCUT2D eigenvalue weighted by molar-refractivity contribution is -0.394. The first-order valence-electron chi connectivity index (χ1n) is 6.05. The maximum atomic E-state index is 12.0. The molecule has 0 bridgehead atoms. The van der Waals surface area contributed by atoms with Crippen molar-refractivity contribution in [1.82, 2.24) is 5.32 Å². The predicted molar refractivity (Wildman–Crippen MR) is 75.3 cm³/mol. The molecule has 0 saturated heterocycles. The molecule has 116 valence electrons. The number of non-ortho nitro benzene ring substituents is 2. The van der Waals surface area contributed by atoms with Crippen LogP contribution in [-0.4, -0.2) is 27.8 Å². The summed E-state index contributed by atoms with van der Waals surface area (Å²) in [7, 11) is 0. The second-order valence-electron chi connectivity index (χ2n) is 4.46. The second kappa shape index (κ2) is 6.99. The maximum Gasteiger partial charge on any atom is 0.277 e. The van der Waals surface area contributed by atoms with Crippen LogP contribution in [0.2, 0.25) is 0 Å². The van der Waals surface area contributed by atoms with Crippen LogP contribution in [0.15, 0.2) is 23.3 Å². The molecule has 0 aromatic heterocycles. The van der Waals surface area contributed by atoms with Gasteiger partial charge in [0, 0.05) is 23.1 Å². The average molecular weight is 308 g/mol. The summed E-state index contributed by atoms with van der Waals surface area (Å²) in [6, 6.07) is 1.54. The molecule has 22 heavy (non-hydrogen) atoms. The van der Waals surface area contributed by atoms with Crippen LogP contribution in [0.4, 0.5) is 11.4 Å². The number of hydrogen-bond donors (Lipinski definition) is 1. The highest BCUT2D eigenvalue weighted by Gasteiger charge is 2.21. The lowest BCUT2D eigenvalue weighted by atomic mass is 10.1. The smallest absolute Gasteiger partial charge is 0.277 e. The van der Waals surface area contributed by atoms with Crippen molar-refractivity contribution in [3.8, 4) is 0 Å². The number of rotatable bonds is 6. The highest BCUT2D eigenvalue weighted by Crippen LogP contribution is 2.22. The molecule has 11 heteroatoms. The number of carbonyl (C=O) groups excluding carboxylic acids is 1. The number of nitro groups is 2. The zero-order valence-electron chi connectivity index (χ0n) is 11.7. The van der Waals surface area contributed by atoms with E-state index in [0.29, 0.717) is 0 Å². The molecule has 1 aromatic rings. The van der Waals surface area contributed by atoms with E-state index < -0.39 is 39.2 Å². The number of carbonyl (C=O) groups is 1. The van der Waals surface area contributed by atoms with Gasteiger partial charge in [0.1, 0.15) is 0 Å². The van der Waals surface area contributed by atoms with Gasteiger partial charge in [-0.05, 0) is 12.5 Å². The third kappa shape index (κ3) is 4.15. The van der Waals surface area contributed by atoms with Gasteiger partial charge in [-0.1, -0.05) is 12.0 Å². The Balaban J connectivity index is 3.09. The number of nitrogens with zero attached hydrogens (tertiary/aromatic N) is 5. The van der Waals surface area contributed by atoms with Crippen molar-refractivity contribution in [2.75, 3.05) is 0 Å². The molecular weight excluding hydrogens is 296 g/mol. The monoisotopic (exact) mass is 308 g/mol. The van der Waals surface area contributed by atoms with Crippen LogP contribution < -0.4 is 5.32 Å². The first-order valence-corrected chi connectivity index (χ1v) is 6.05. The topological polar surface area (TPSA) is 164 Å². The van der Waals surface area contributed by atoms with E-state index in [2.05, 4.69) is 15.3 Å². The van der Waals surface area contributed by atoms with Crippen LogP contribution >= 0.6 is 0 Å². The molecule has 11 nitrogen and oxygen atoms in total. The van der Waals surface area contributed by atoms with Gasteiger partial charge < -0.3 is 5.32 Å². The van der Waals surface area contributed by atoms with Crippen LogP contribution in [0.1, 0.15) is 24.2 Å². The Labute approximate surface area is 123 Å². The molecule has 0 radical (unpaired) electrons. The van der Waals surface area contributed by atoms with Gasteiger partial charge in [-0.2, -0.15) is 0 Å². The molecule has 0 saturated carbocycles. The van der Waals surface area contributed by atoms with E-state index in [1.54, 1.807) is 13.8 Å². The van der Waals surface area contributed by atoms with Crippen LogP contribution in [0.3, 0.4) is 0 Å². The molecule has 2 atom stereocenters. The van der Waals surface area contributed by atoms with Gasteiger partial charge in [0.2, 0.25) is 0 Å².